The van der Waals surface area contributed by atoms with Gasteiger partial charge >= 0.3 is 0 Å². The van der Waals surface area contributed by atoms with E-state index in [2.05, 4.69) is 13.7 Å². The van der Waals surface area contributed by atoms with Crippen LogP contribution in [0.1, 0.15) is 16.8 Å². The van der Waals surface area contributed by atoms with E-state index in [9.17, 15) is 0 Å². The van der Waals surface area contributed by atoms with Gasteiger partial charge in [0.25, 0.3) is 0 Å². The lowest BCUT2D eigenvalue weighted by Crippen LogP contribution is -1.92. The maximum Gasteiger partial charge on any atom is 0.231 e. The van der Waals surface area contributed by atoms with Gasteiger partial charge in [-0.3, -0.25) is 4.99 Å². The monoisotopic (exact) mass is 313 g/mol. The summed E-state index contributed by atoms with van der Waals surface area (Å²) in [5, 5.41) is 0. The van der Waals surface area contributed by atoms with Gasteiger partial charge in [-0.25, -0.2) is 0 Å². The zero-order valence-corrected chi connectivity index (χ0v) is 13.1. The average Bonchev–Trinajstić information content (AvgIpc) is 3.00. The first-order valence-corrected chi connectivity index (χ1v) is 7.52. The van der Waals surface area contributed by atoms with Crippen molar-refractivity contribution in [2.75, 3.05) is 6.79 Å². The highest BCUT2D eigenvalue weighted by Gasteiger charge is 2.12. The molecule has 0 spiro atoms. The highest BCUT2D eigenvalue weighted by molar-refractivity contribution is 6.98. The number of aromatic nitrogens is 2. The molecule has 1 aromatic carbocycles. The second-order valence-electron chi connectivity index (χ2n) is 4.82. The van der Waals surface area contributed by atoms with Crippen molar-refractivity contribution in [3.8, 4) is 11.5 Å². The lowest BCUT2D eigenvalue weighted by Gasteiger charge is -1.98. The maximum absolute atomic E-state index is 5.37. The van der Waals surface area contributed by atoms with E-state index in [-0.39, 0.29) is 6.79 Å². The zero-order chi connectivity index (χ0) is 15.4. The van der Waals surface area contributed by atoms with Gasteiger partial charge < -0.3 is 9.47 Å². The number of fused-ring (bicyclic) bond motifs is 1. The van der Waals surface area contributed by atoms with Gasteiger partial charge in [0.15, 0.2) is 11.5 Å². The van der Waals surface area contributed by atoms with E-state index >= 15 is 0 Å². The van der Waals surface area contributed by atoms with Crippen LogP contribution in [-0.2, 0) is 0 Å². The lowest BCUT2D eigenvalue weighted by molar-refractivity contribution is 0.174. The number of benzene rings is 1. The molecule has 0 aliphatic carbocycles. The van der Waals surface area contributed by atoms with E-state index in [1.54, 1.807) is 12.4 Å². The molecule has 1 aliphatic heterocycles. The molecule has 0 unspecified atom stereocenters. The number of rotatable bonds is 2. The average molecular weight is 313 g/mol. The Morgan fingerprint density at radius 3 is 2.91 bits per heavy atom. The number of aryl methyl sites for hydroxylation is 2. The Hall–Kier alpha value is -2.47. The summed E-state index contributed by atoms with van der Waals surface area (Å²) in [5.41, 5.74) is 3.69. The van der Waals surface area contributed by atoms with Crippen molar-refractivity contribution in [1.29, 1.82) is 0 Å². The Kier molecular flexibility index (Phi) is 4.29. The molecule has 0 radical (unpaired) electrons. The summed E-state index contributed by atoms with van der Waals surface area (Å²) in [4.78, 5) is 4.52. The standard InChI is InChI=1S/C16H15N3O2S/c1-11-3-4-12(2)19-22-18-9-14(11)17-8-13-5-6-15-16(7-13)21-10-20-15/h3-9H,10H2,1-2H3. The van der Waals surface area contributed by atoms with Crippen LogP contribution in [0.25, 0.3) is 0 Å². The summed E-state index contributed by atoms with van der Waals surface area (Å²) in [7, 11) is 0. The molecular formula is C16H15N3O2S. The fourth-order valence-corrected chi connectivity index (χ4v) is 2.28. The largest absolute Gasteiger partial charge is 0.454 e. The zero-order valence-electron chi connectivity index (χ0n) is 12.3. The Balaban J connectivity index is 1.92. The second kappa shape index (κ2) is 6.53. The van der Waals surface area contributed by atoms with Gasteiger partial charge in [-0.05, 0) is 49.2 Å². The first kappa shape index (κ1) is 14.5. The number of hydrogen-bond acceptors (Lipinski definition) is 6. The molecule has 0 fully saturated rings. The second-order valence-corrected chi connectivity index (χ2v) is 5.38. The molecule has 0 amide bonds. The molecule has 1 aromatic heterocycles. The van der Waals surface area contributed by atoms with Crippen LogP contribution in [0.3, 0.4) is 0 Å². The van der Waals surface area contributed by atoms with E-state index in [0.29, 0.717) is 0 Å². The molecule has 22 heavy (non-hydrogen) atoms. The van der Waals surface area contributed by atoms with Crippen molar-refractivity contribution < 1.29 is 9.47 Å². The summed E-state index contributed by atoms with van der Waals surface area (Å²) in [6, 6.07) is 9.67. The highest BCUT2D eigenvalue weighted by Crippen LogP contribution is 2.32. The van der Waals surface area contributed by atoms with Crippen LogP contribution < -0.4 is 9.47 Å². The molecular weight excluding hydrogens is 298 g/mol. The van der Waals surface area contributed by atoms with Crippen molar-refractivity contribution in [3.63, 3.8) is 0 Å². The van der Waals surface area contributed by atoms with Crippen LogP contribution in [0.2, 0.25) is 0 Å². The van der Waals surface area contributed by atoms with Gasteiger partial charge in [-0.2, -0.15) is 8.75 Å². The number of aliphatic imine (C=N–C) groups is 1. The van der Waals surface area contributed by atoms with E-state index in [0.717, 1.165) is 45.7 Å². The van der Waals surface area contributed by atoms with Gasteiger partial charge in [-0.1, -0.05) is 6.07 Å². The van der Waals surface area contributed by atoms with Crippen molar-refractivity contribution in [2.45, 2.75) is 13.8 Å². The Labute approximate surface area is 132 Å². The molecule has 6 heteroatoms. The van der Waals surface area contributed by atoms with E-state index < -0.39 is 0 Å². The number of hydrogen-bond donors (Lipinski definition) is 0. The third kappa shape index (κ3) is 3.40. The highest BCUT2D eigenvalue weighted by atomic mass is 32.1. The van der Waals surface area contributed by atoms with Gasteiger partial charge in [-0.15, -0.1) is 0 Å². The third-order valence-electron chi connectivity index (χ3n) is 3.13. The molecule has 0 saturated carbocycles. The van der Waals surface area contributed by atoms with Gasteiger partial charge in [0.2, 0.25) is 6.79 Å². The van der Waals surface area contributed by atoms with Crippen LogP contribution in [0.15, 0.2) is 41.5 Å². The minimum atomic E-state index is 0.272. The Morgan fingerprint density at radius 1 is 1.14 bits per heavy atom. The summed E-state index contributed by atoms with van der Waals surface area (Å²) in [6.07, 6.45) is 3.51. The first-order chi connectivity index (χ1) is 10.7. The van der Waals surface area contributed by atoms with Crippen LogP contribution in [0, 0.1) is 13.8 Å². The van der Waals surface area contributed by atoms with Gasteiger partial charge in [0.1, 0.15) is 0 Å². The summed E-state index contributed by atoms with van der Waals surface area (Å²) in [6.45, 7) is 4.21. The number of nitrogens with zero attached hydrogens (tertiary/aromatic N) is 3. The van der Waals surface area contributed by atoms with Crippen molar-refractivity contribution in [2.24, 2.45) is 4.99 Å². The fourth-order valence-electron chi connectivity index (χ4n) is 1.90. The van der Waals surface area contributed by atoms with Crippen LogP contribution in [-0.4, -0.2) is 21.8 Å². The quantitative estimate of drug-likeness (QED) is 0.792. The van der Waals surface area contributed by atoms with Crippen molar-refractivity contribution >= 4 is 23.6 Å². The molecule has 112 valence electrons. The van der Waals surface area contributed by atoms with E-state index in [4.69, 9.17) is 9.47 Å². The fraction of sp³-hybridized carbons (Fsp3) is 0.188. The molecule has 0 atom stereocenters. The van der Waals surface area contributed by atoms with Crippen LogP contribution >= 0.6 is 11.7 Å². The smallest absolute Gasteiger partial charge is 0.231 e. The summed E-state index contributed by atoms with van der Waals surface area (Å²) >= 11 is 1.16. The molecule has 3 rings (SSSR count). The normalized spacial score (nSPS) is 12.5. The van der Waals surface area contributed by atoms with E-state index in [1.807, 2.05) is 44.2 Å². The summed E-state index contributed by atoms with van der Waals surface area (Å²) < 4.78 is 19.1. The first-order valence-electron chi connectivity index (χ1n) is 6.79. The Bertz CT molecular complexity index is 770. The molecule has 5 nitrogen and oxygen atoms in total. The van der Waals surface area contributed by atoms with Crippen LogP contribution in [0.5, 0.6) is 11.5 Å². The molecule has 1 aliphatic rings. The molecule has 0 saturated heterocycles. The Morgan fingerprint density at radius 2 is 2.00 bits per heavy atom. The minimum Gasteiger partial charge on any atom is -0.454 e. The molecule has 0 N–H and O–H groups in total. The summed E-state index contributed by atoms with van der Waals surface area (Å²) in [5.74, 6) is 1.51. The van der Waals surface area contributed by atoms with Crippen molar-refractivity contribution in [3.05, 3.63) is 53.3 Å². The van der Waals surface area contributed by atoms with E-state index in [1.165, 1.54) is 0 Å². The lowest BCUT2D eigenvalue weighted by atomic mass is 10.2. The van der Waals surface area contributed by atoms with Gasteiger partial charge in [0, 0.05) is 6.21 Å². The minimum absolute atomic E-state index is 0.272. The topological polar surface area (TPSA) is 56.6 Å². The van der Waals surface area contributed by atoms with Crippen molar-refractivity contribution in [1.82, 2.24) is 8.75 Å². The van der Waals surface area contributed by atoms with Gasteiger partial charge in [0.05, 0.1) is 29.3 Å². The van der Waals surface area contributed by atoms with Crippen LogP contribution in [0.4, 0.5) is 5.69 Å². The predicted molar refractivity (Wildman–Crippen MR) is 86.8 cm³/mol. The molecule has 2 heterocycles. The predicted octanol–water partition coefficient (Wildman–Crippen LogP) is 3.76. The third-order valence-corrected chi connectivity index (χ3v) is 3.70. The maximum atomic E-state index is 5.37. The number of ether oxygens (including phenoxy) is 2. The molecule has 2 aromatic rings. The molecule has 0 bridgehead atoms. The SMILES string of the molecule is Cc1ccc(C)c(N=Cc2ccc3c(c2)OCO3)cnsn1.